The van der Waals surface area contributed by atoms with Crippen LogP contribution >= 0.6 is 0 Å². The Balaban J connectivity index is 3.02. The molecule has 0 radical (unpaired) electrons. The summed E-state index contributed by atoms with van der Waals surface area (Å²) in [6.45, 7) is 10.7. The van der Waals surface area contributed by atoms with E-state index in [1.165, 1.54) is 12.1 Å². The van der Waals surface area contributed by atoms with Gasteiger partial charge in [0.2, 0.25) is 0 Å². The Morgan fingerprint density at radius 2 is 1.74 bits per heavy atom. The first-order valence-corrected chi connectivity index (χ1v) is 7.07. The summed E-state index contributed by atoms with van der Waals surface area (Å²) in [6.07, 6.45) is 1.03. The highest BCUT2D eigenvalue weighted by molar-refractivity contribution is 5.28. The minimum Gasteiger partial charge on any atom is -0.313 e. The van der Waals surface area contributed by atoms with Crippen LogP contribution in [0.1, 0.15) is 51.2 Å². The van der Waals surface area contributed by atoms with Crippen LogP contribution in [0.5, 0.6) is 0 Å². The molecule has 1 N–H and O–H groups in total. The first-order valence-electron chi connectivity index (χ1n) is 7.07. The van der Waals surface area contributed by atoms with Gasteiger partial charge in [-0.05, 0) is 55.0 Å². The molecule has 0 aliphatic rings. The fourth-order valence-electron chi connectivity index (χ4n) is 2.50. The van der Waals surface area contributed by atoms with E-state index in [1.807, 2.05) is 6.92 Å². The molecule has 0 aliphatic heterocycles. The van der Waals surface area contributed by atoms with E-state index >= 15 is 0 Å². The molecule has 2 unspecified atom stereocenters. The van der Waals surface area contributed by atoms with Gasteiger partial charge in [-0.3, -0.25) is 0 Å². The summed E-state index contributed by atoms with van der Waals surface area (Å²) in [5, 5.41) is 3.44. The molecule has 3 heteroatoms. The van der Waals surface area contributed by atoms with Crippen molar-refractivity contribution in [2.24, 2.45) is 5.92 Å². The zero-order valence-corrected chi connectivity index (χ0v) is 12.6. The quantitative estimate of drug-likeness (QED) is 0.807. The molecule has 0 amide bonds. The molecule has 1 nitrogen and oxygen atoms in total. The van der Waals surface area contributed by atoms with E-state index in [4.69, 9.17) is 0 Å². The van der Waals surface area contributed by atoms with E-state index in [-0.39, 0.29) is 23.6 Å². The summed E-state index contributed by atoms with van der Waals surface area (Å²) in [5.41, 5.74) is 0.821. The predicted molar refractivity (Wildman–Crippen MR) is 76.4 cm³/mol. The maximum Gasteiger partial charge on any atom is 0.127 e. The van der Waals surface area contributed by atoms with Crippen LogP contribution in [-0.2, 0) is 0 Å². The Kier molecular flexibility index (Phi) is 5.92. The first-order chi connectivity index (χ1) is 8.88. The van der Waals surface area contributed by atoms with Crippen LogP contribution in [0.2, 0.25) is 0 Å². The van der Waals surface area contributed by atoms with Gasteiger partial charge in [-0.1, -0.05) is 27.7 Å². The van der Waals surface area contributed by atoms with Crippen molar-refractivity contribution in [3.8, 4) is 0 Å². The highest BCUT2D eigenvalue weighted by Crippen LogP contribution is 2.28. The van der Waals surface area contributed by atoms with E-state index in [9.17, 15) is 8.78 Å². The van der Waals surface area contributed by atoms with E-state index in [1.54, 1.807) is 6.92 Å². The molecular weight excluding hydrogens is 244 g/mol. The minimum absolute atomic E-state index is 0.0540. The lowest BCUT2D eigenvalue weighted by atomic mass is 9.85. The molecule has 0 spiro atoms. The highest BCUT2D eigenvalue weighted by atomic mass is 19.1. The van der Waals surface area contributed by atoms with E-state index in [0.29, 0.717) is 17.0 Å². The number of hydrogen-bond acceptors (Lipinski definition) is 1. The lowest BCUT2D eigenvalue weighted by molar-refractivity contribution is 0.347. The van der Waals surface area contributed by atoms with Crippen LogP contribution < -0.4 is 5.32 Å². The third-order valence-corrected chi connectivity index (χ3v) is 3.66. The predicted octanol–water partition coefficient (Wildman–Crippen LogP) is 4.40. The minimum atomic E-state index is -0.332. The summed E-state index contributed by atoms with van der Waals surface area (Å²) < 4.78 is 27.7. The number of rotatable bonds is 6. The first kappa shape index (κ1) is 16.1. The van der Waals surface area contributed by atoms with Crippen molar-refractivity contribution >= 4 is 0 Å². The van der Waals surface area contributed by atoms with E-state index in [2.05, 4.69) is 26.1 Å². The third kappa shape index (κ3) is 4.00. The van der Waals surface area contributed by atoms with Crippen LogP contribution in [0.15, 0.2) is 12.1 Å². The molecule has 2 atom stereocenters. The molecule has 0 saturated carbocycles. The average molecular weight is 269 g/mol. The molecule has 0 bridgehead atoms. The normalized spacial score (nSPS) is 14.7. The Hall–Kier alpha value is -0.960. The molecule has 1 aromatic rings. The number of aryl methyl sites for hydroxylation is 1. The topological polar surface area (TPSA) is 12.0 Å². The third-order valence-electron chi connectivity index (χ3n) is 3.66. The molecule has 19 heavy (non-hydrogen) atoms. The molecule has 0 aromatic heterocycles. The summed E-state index contributed by atoms with van der Waals surface area (Å²) in [7, 11) is 0. The second-order valence-electron chi connectivity index (χ2n) is 5.64. The van der Waals surface area contributed by atoms with Crippen molar-refractivity contribution in [3.05, 3.63) is 34.9 Å². The zero-order valence-electron chi connectivity index (χ0n) is 12.6. The number of benzene rings is 1. The fourth-order valence-corrected chi connectivity index (χ4v) is 2.50. The van der Waals surface area contributed by atoms with Gasteiger partial charge in [-0.2, -0.15) is 0 Å². The Morgan fingerprint density at radius 1 is 1.11 bits per heavy atom. The second-order valence-corrected chi connectivity index (χ2v) is 5.64. The Morgan fingerprint density at radius 3 is 2.26 bits per heavy atom. The Bertz CT molecular complexity index is 415. The van der Waals surface area contributed by atoms with Crippen LogP contribution in [-0.4, -0.2) is 12.6 Å². The van der Waals surface area contributed by atoms with Crippen molar-refractivity contribution < 1.29 is 8.78 Å². The van der Waals surface area contributed by atoms with Gasteiger partial charge in [-0.25, -0.2) is 8.78 Å². The zero-order chi connectivity index (χ0) is 14.6. The molecule has 1 rings (SSSR count). The maximum absolute atomic E-state index is 14.0. The van der Waals surface area contributed by atoms with Gasteiger partial charge in [0.15, 0.2) is 0 Å². The lowest BCUT2D eigenvalue weighted by Crippen LogP contribution is -2.39. The van der Waals surface area contributed by atoms with Crippen molar-refractivity contribution in [2.75, 3.05) is 6.54 Å². The van der Waals surface area contributed by atoms with Crippen LogP contribution in [0.4, 0.5) is 8.78 Å². The monoisotopic (exact) mass is 269 g/mol. The highest BCUT2D eigenvalue weighted by Gasteiger charge is 2.24. The summed E-state index contributed by atoms with van der Waals surface area (Å²) in [6, 6.07) is 2.79. The molecule has 0 heterocycles. The van der Waals surface area contributed by atoms with E-state index < -0.39 is 0 Å². The summed E-state index contributed by atoms with van der Waals surface area (Å²) in [5.74, 6) is -0.330. The molecule has 108 valence electrons. The van der Waals surface area contributed by atoms with E-state index in [0.717, 1.165) is 13.0 Å². The van der Waals surface area contributed by atoms with Crippen molar-refractivity contribution in [2.45, 2.75) is 53.0 Å². The molecule has 0 fully saturated rings. The van der Waals surface area contributed by atoms with Crippen molar-refractivity contribution in [3.63, 3.8) is 0 Å². The standard InChI is InChI=1S/C16H25F2N/c1-6-7-19-16(10(2)3)12(5)13-9-14(17)11(4)8-15(13)18/h8-10,12,16,19H,6-7H2,1-5H3. The van der Waals surface area contributed by atoms with Gasteiger partial charge in [-0.15, -0.1) is 0 Å². The van der Waals surface area contributed by atoms with Crippen LogP contribution in [0.3, 0.4) is 0 Å². The number of halogens is 2. The average Bonchev–Trinajstić information content (AvgIpc) is 2.33. The smallest absolute Gasteiger partial charge is 0.127 e. The van der Waals surface area contributed by atoms with Gasteiger partial charge in [0.1, 0.15) is 11.6 Å². The van der Waals surface area contributed by atoms with Crippen LogP contribution in [0.25, 0.3) is 0 Å². The maximum atomic E-state index is 14.0. The molecular formula is C16H25F2N. The number of nitrogens with one attached hydrogen (secondary N) is 1. The molecule has 0 saturated heterocycles. The molecule has 1 aromatic carbocycles. The van der Waals surface area contributed by atoms with Gasteiger partial charge in [0.05, 0.1) is 0 Å². The van der Waals surface area contributed by atoms with Gasteiger partial charge in [0, 0.05) is 6.04 Å². The second kappa shape index (κ2) is 6.99. The SMILES string of the molecule is CCCNC(C(C)C)C(C)c1cc(F)c(C)cc1F. The van der Waals surface area contributed by atoms with Gasteiger partial charge in [0.25, 0.3) is 0 Å². The number of hydrogen-bond donors (Lipinski definition) is 1. The fraction of sp³-hybridized carbons (Fsp3) is 0.625. The van der Waals surface area contributed by atoms with Crippen molar-refractivity contribution in [1.29, 1.82) is 0 Å². The van der Waals surface area contributed by atoms with Crippen molar-refractivity contribution in [1.82, 2.24) is 5.32 Å². The van der Waals surface area contributed by atoms with Crippen LogP contribution in [0, 0.1) is 24.5 Å². The molecule has 0 aliphatic carbocycles. The lowest BCUT2D eigenvalue weighted by Gasteiger charge is -2.29. The van der Waals surface area contributed by atoms with Gasteiger partial charge < -0.3 is 5.32 Å². The van der Waals surface area contributed by atoms with Gasteiger partial charge >= 0.3 is 0 Å². The largest absolute Gasteiger partial charge is 0.313 e. The Labute approximate surface area is 115 Å². The summed E-state index contributed by atoms with van der Waals surface area (Å²) >= 11 is 0. The summed E-state index contributed by atoms with van der Waals surface area (Å²) in [4.78, 5) is 0.